The molecule has 1 heterocycles. The van der Waals surface area contributed by atoms with Crippen LogP contribution in [0.25, 0.3) is 22.7 Å². The van der Waals surface area contributed by atoms with E-state index in [9.17, 15) is 9.65 Å². The minimum Gasteiger partial charge on any atom is -0.493 e. The van der Waals surface area contributed by atoms with Gasteiger partial charge in [-0.1, -0.05) is 18.2 Å². The number of hydrogen-bond donors (Lipinski definition) is 1. The zero-order valence-corrected chi connectivity index (χ0v) is 19.0. The average Bonchev–Trinajstić information content (AvgIpc) is 3.20. The number of imidazole rings is 1. The van der Waals surface area contributed by atoms with E-state index in [1.165, 1.54) is 12.1 Å². The fraction of sp³-hybridized carbons (Fsp3) is 0.120. The number of nitrogens with zero attached hydrogens (tertiary/aromatic N) is 2. The van der Waals surface area contributed by atoms with Crippen molar-refractivity contribution in [2.24, 2.45) is 0 Å². The van der Waals surface area contributed by atoms with Gasteiger partial charge in [-0.2, -0.15) is 5.26 Å². The Morgan fingerprint density at radius 1 is 1.19 bits per heavy atom. The summed E-state index contributed by atoms with van der Waals surface area (Å²) in [6, 6.07) is 17.9. The summed E-state index contributed by atoms with van der Waals surface area (Å²) in [4.78, 5) is 7.74. The third kappa shape index (κ3) is 4.66. The fourth-order valence-electron chi connectivity index (χ4n) is 3.27. The summed E-state index contributed by atoms with van der Waals surface area (Å²) in [6.07, 6.45) is 1.74. The number of ether oxygens (including phenoxy) is 2. The van der Waals surface area contributed by atoms with Crippen LogP contribution in [0, 0.1) is 24.1 Å². The summed E-state index contributed by atoms with van der Waals surface area (Å²) in [6.45, 7) is 2.26. The minimum atomic E-state index is -0.295. The van der Waals surface area contributed by atoms with Gasteiger partial charge >= 0.3 is 0 Å². The van der Waals surface area contributed by atoms with Crippen LogP contribution in [0.15, 0.2) is 59.1 Å². The van der Waals surface area contributed by atoms with E-state index in [1.807, 2.05) is 31.2 Å². The second kappa shape index (κ2) is 9.25. The van der Waals surface area contributed by atoms with E-state index in [1.54, 1.807) is 31.4 Å². The van der Waals surface area contributed by atoms with Gasteiger partial charge in [-0.15, -0.1) is 0 Å². The summed E-state index contributed by atoms with van der Waals surface area (Å²) >= 11 is 3.53. The van der Waals surface area contributed by atoms with Crippen LogP contribution >= 0.6 is 15.9 Å². The van der Waals surface area contributed by atoms with Gasteiger partial charge in [0.05, 0.1) is 28.2 Å². The molecule has 0 fully saturated rings. The molecule has 1 aromatic heterocycles. The summed E-state index contributed by atoms with van der Waals surface area (Å²) in [5.41, 5.74) is 4.76. The molecular formula is C25H19BrFN3O2. The molecule has 0 spiro atoms. The predicted molar refractivity (Wildman–Crippen MR) is 126 cm³/mol. The second-order valence-electron chi connectivity index (χ2n) is 7.23. The number of aromatic nitrogens is 2. The third-order valence-corrected chi connectivity index (χ3v) is 5.46. The van der Waals surface area contributed by atoms with Gasteiger partial charge in [0.25, 0.3) is 0 Å². The second-order valence-corrected chi connectivity index (χ2v) is 8.08. The number of benzene rings is 3. The molecule has 1 N–H and O–H groups in total. The maximum atomic E-state index is 13.1. The number of H-pyrrole nitrogens is 1. The van der Waals surface area contributed by atoms with Gasteiger partial charge in [-0.3, -0.25) is 0 Å². The van der Waals surface area contributed by atoms with Crippen LogP contribution in [0.2, 0.25) is 0 Å². The zero-order valence-electron chi connectivity index (χ0n) is 17.4. The van der Waals surface area contributed by atoms with Crippen molar-refractivity contribution in [2.75, 3.05) is 7.11 Å². The van der Waals surface area contributed by atoms with Crippen molar-refractivity contribution >= 4 is 38.6 Å². The summed E-state index contributed by atoms with van der Waals surface area (Å²) in [7, 11) is 1.55. The lowest BCUT2D eigenvalue weighted by Gasteiger charge is -2.14. The average molecular weight is 492 g/mol. The molecule has 0 aliphatic heterocycles. The first-order valence-corrected chi connectivity index (χ1v) is 10.6. The van der Waals surface area contributed by atoms with Crippen LogP contribution < -0.4 is 9.47 Å². The van der Waals surface area contributed by atoms with Crippen molar-refractivity contribution in [1.82, 2.24) is 9.97 Å². The number of nitriles is 1. The van der Waals surface area contributed by atoms with Crippen molar-refractivity contribution in [3.05, 3.63) is 87.4 Å². The third-order valence-electron chi connectivity index (χ3n) is 4.87. The summed E-state index contributed by atoms with van der Waals surface area (Å²) in [5, 5.41) is 9.73. The highest BCUT2D eigenvalue weighted by Gasteiger charge is 2.14. The van der Waals surface area contributed by atoms with Crippen LogP contribution in [0.1, 0.15) is 22.5 Å². The highest BCUT2D eigenvalue weighted by molar-refractivity contribution is 9.10. The van der Waals surface area contributed by atoms with Crippen LogP contribution in [0.5, 0.6) is 11.5 Å². The van der Waals surface area contributed by atoms with E-state index >= 15 is 0 Å². The Kier molecular flexibility index (Phi) is 6.24. The van der Waals surface area contributed by atoms with Gasteiger partial charge in [0.15, 0.2) is 11.5 Å². The van der Waals surface area contributed by atoms with Crippen molar-refractivity contribution in [1.29, 1.82) is 5.26 Å². The number of aryl methyl sites for hydroxylation is 1. The molecule has 160 valence electrons. The summed E-state index contributed by atoms with van der Waals surface area (Å²) in [5.74, 6) is 1.23. The van der Waals surface area contributed by atoms with Gasteiger partial charge < -0.3 is 14.5 Å². The molecule has 7 heteroatoms. The monoisotopic (exact) mass is 491 g/mol. The molecule has 32 heavy (non-hydrogen) atoms. The van der Waals surface area contributed by atoms with E-state index in [0.717, 1.165) is 27.7 Å². The van der Waals surface area contributed by atoms with Gasteiger partial charge in [0.1, 0.15) is 24.3 Å². The Morgan fingerprint density at radius 2 is 1.97 bits per heavy atom. The van der Waals surface area contributed by atoms with Crippen LogP contribution in [0.3, 0.4) is 0 Å². The standard InChI is InChI=1S/C25H19BrFN3O2/c1-15-3-8-21-22(9-15)30-25(29-21)18(13-28)10-17-11-20(26)24(23(12-17)31-2)32-14-16-4-6-19(27)7-5-16/h3-12H,14H2,1-2H3,(H,29,30)/b18-10-. The lowest BCUT2D eigenvalue weighted by atomic mass is 10.1. The molecule has 4 rings (SSSR count). The first kappa shape index (κ1) is 21.6. The molecule has 5 nitrogen and oxygen atoms in total. The molecular weight excluding hydrogens is 473 g/mol. The van der Waals surface area contributed by atoms with E-state index in [2.05, 4.69) is 32.0 Å². The highest BCUT2D eigenvalue weighted by Crippen LogP contribution is 2.38. The van der Waals surface area contributed by atoms with Crippen molar-refractivity contribution < 1.29 is 13.9 Å². The Hall–Kier alpha value is -3.63. The lowest BCUT2D eigenvalue weighted by molar-refractivity contribution is 0.282. The van der Waals surface area contributed by atoms with Gasteiger partial charge in [-0.25, -0.2) is 9.37 Å². The number of allylic oxidation sites excluding steroid dienone is 1. The number of rotatable bonds is 6. The smallest absolute Gasteiger partial charge is 0.175 e. The Bertz CT molecular complexity index is 1350. The lowest BCUT2D eigenvalue weighted by Crippen LogP contribution is -1.99. The first-order chi connectivity index (χ1) is 15.5. The number of methoxy groups -OCH3 is 1. The van der Waals surface area contributed by atoms with Gasteiger partial charge in [0, 0.05) is 0 Å². The van der Waals surface area contributed by atoms with Gasteiger partial charge in [0.2, 0.25) is 0 Å². The maximum absolute atomic E-state index is 13.1. The molecule has 4 aromatic rings. The molecule has 0 atom stereocenters. The number of halogens is 2. The first-order valence-electron chi connectivity index (χ1n) is 9.80. The fourth-order valence-corrected chi connectivity index (χ4v) is 3.84. The molecule has 0 unspecified atom stereocenters. The summed E-state index contributed by atoms with van der Waals surface area (Å²) < 4.78 is 25.2. The quantitative estimate of drug-likeness (QED) is 0.315. The molecule has 0 aliphatic carbocycles. The highest BCUT2D eigenvalue weighted by atomic mass is 79.9. The van der Waals surface area contributed by atoms with E-state index < -0.39 is 0 Å². The normalized spacial score (nSPS) is 11.4. The SMILES string of the molecule is COc1cc(/C=C(/C#N)c2nc3ccc(C)cc3[nH]2)cc(Br)c1OCc1ccc(F)cc1. The Morgan fingerprint density at radius 3 is 2.69 bits per heavy atom. The van der Waals surface area contributed by atoms with Crippen molar-refractivity contribution in [3.8, 4) is 17.6 Å². The predicted octanol–water partition coefficient (Wildman–Crippen LogP) is 6.42. The number of aromatic amines is 1. The molecule has 0 amide bonds. The minimum absolute atomic E-state index is 0.256. The molecule has 0 saturated carbocycles. The zero-order chi connectivity index (χ0) is 22.7. The van der Waals surface area contributed by atoms with E-state index in [0.29, 0.717) is 27.4 Å². The molecule has 0 bridgehead atoms. The molecule has 0 aliphatic rings. The number of hydrogen-bond acceptors (Lipinski definition) is 4. The molecule has 0 radical (unpaired) electrons. The van der Waals surface area contributed by atoms with Gasteiger partial charge in [-0.05, 0) is 82.0 Å². The molecule has 0 saturated heterocycles. The largest absolute Gasteiger partial charge is 0.493 e. The van der Waals surface area contributed by atoms with Crippen LogP contribution in [-0.2, 0) is 6.61 Å². The topological polar surface area (TPSA) is 70.9 Å². The molecule has 3 aromatic carbocycles. The van der Waals surface area contributed by atoms with Crippen LogP contribution in [0.4, 0.5) is 4.39 Å². The van der Waals surface area contributed by atoms with E-state index in [-0.39, 0.29) is 12.4 Å². The maximum Gasteiger partial charge on any atom is 0.175 e. The Balaban J connectivity index is 1.63. The van der Waals surface area contributed by atoms with E-state index in [4.69, 9.17) is 9.47 Å². The number of nitrogens with one attached hydrogen (secondary N) is 1. The van der Waals surface area contributed by atoms with Crippen LogP contribution in [-0.4, -0.2) is 17.1 Å². The van der Waals surface area contributed by atoms with Crippen molar-refractivity contribution in [2.45, 2.75) is 13.5 Å². The van der Waals surface area contributed by atoms with Crippen molar-refractivity contribution in [3.63, 3.8) is 0 Å². The Labute approximate surface area is 193 Å². The number of fused-ring (bicyclic) bond motifs is 1.